The Morgan fingerprint density at radius 1 is 1.31 bits per heavy atom. The van der Waals surface area contributed by atoms with E-state index in [9.17, 15) is 18.0 Å². The van der Waals surface area contributed by atoms with Gasteiger partial charge in [0, 0.05) is 12.1 Å². The molecule has 9 heteroatoms. The van der Waals surface area contributed by atoms with Crippen molar-refractivity contribution in [3.8, 4) is 5.75 Å². The lowest BCUT2D eigenvalue weighted by molar-refractivity contribution is -0.144. The summed E-state index contributed by atoms with van der Waals surface area (Å²) in [5, 5.41) is 2.67. The molecule has 1 amide bonds. The largest absolute Gasteiger partial charge is 0.495 e. The van der Waals surface area contributed by atoms with Gasteiger partial charge < -0.3 is 14.8 Å². The average Bonchev–Trinajstić information content (AvgIpc) is 2.64. The van der Waals surface area contributed by atoms with E-state index >= 15 is 0 Å². The Bertz CT molecular complexity index is 773. The summed E-state index contributed by atoms with van der Waals surface area (Å²) in [5.41, 5.74) is 0.459. The Labute approximate surface area is 153 Å². The van der Waals surface area contributed by atoms with E-state index in [1.165, 1.54) is 32.4 Å². The fourth-order valence-corrected chi connectivity index (χ4v) is 2.81. The van der Waals surface area contributed by atoms with E-state index in [-0.39, 0.29) is 29.2 Å². The van der Waals surface area contributed by atoms with Crippen LogP contribution in [0.1, 0.15) is 25.8 Å². The molecule has 2 N–H and O–H groups in total. The molecule has 144 valence electrons. The highest BCUT2D eigenvalue weighted by atomic mass is 32.2. The summed E-state index contributed by atoms with van der Waals surface area (Å²) in [6, 6.07) is 4.44. The normalized spacial score (nSPS) is 12.6. The zero-order valence-corrected chi connectivity index (χ0v) is 16.1. The van der Waals surface area contributed by atoms with Gasteiger partial charge in [0.05, 0.1) is 7.11 Å². The van der Waals surface area contributed by atoms with Crippen molar-refractivity contribution in [1.29, 1.82) is 0 Å². The molecule has 1 atom stereocenters. The van der Waals surface area contributed by atoms with Crippen molar-refractivity contribution in [2.75, 3.05) is 20.8 Å². The number of amides is 1. The monoisotopic (exact) mass is 384 g/mol. The highest BCUT2D eigenvalue weighted by molar-refractivity contribution is 7.89. The Hall–Kier alpha value is -2.39. The Balaban J connectivity index is 2.78. The molecule has 1 aromatic rings. The molecule has 0 bridgehead atoms. The number of hydrogen-bond donors (Lipinski definition) is 2. The van der Waals surface area contributed by atoms with Crippen LogP contribution in [0.3, 0.4) is 0 Å². The van der Waals surface area contributed by atoms with Gasteiger partial charge in [-0.2, -0.15) is 0 Å². The number of ether oxygens (including phenoxy) is 2. The van der Waals surface area contributed by atoms with Crippen LogP contribution in [0.5, 0.6) is 5.75 Å². The van der Waals surface area contributed by atoms with E-state index in [1.807, 2.05) is 13.8 Å². The molecule has 26 heavy (non-hydrogen) atoms. The van der Waals surface area contributed by atoms with Crippen LogP contribution in [-0.4, -0.2) is 47.1 Å². The third-order valence-corrected chi connectivity index (χ3v) is 4.96. The predicted octanol–water partition coefficient (Wildman–Crippen LogP) is 1.07. The van der Waals surface area contributed by atoms with Crippen LogP contribution >= 0.6 is 0 Å². The van der Waals surface area contributed by atoms with Gasteiger partial charge in [-0.25, -0.2) is 17.9 Å². The lowest BCUT2D eigenvalue weighted by Crippen LogP contribution is -2.35. The second kappa shape index (κ2) is 9.93. The molecule has 0 aliphatic carbocycles. The molecule has 0 spiro atoms. The summed E-state index contributed by atoms with van der Waals surface area (Å²) in [5.74, 6) is -0.910. The number of nitrogens with one attached hydrogen (secondary N) is 2. The number of methoxy groups -OCH3 is 1. The van der Waals surface area contributed by atoms with E-state index in [4.69, 9.17) is 9.47 Å². The number of sulfonamides is 1. The maximum atomic E-state index is 12.0. The van der Waals surface area contributed by atoms with E-state index in [0.717, 1.165) is 12.5 Å². The maximum absolute atomic E-state index is 12.0. The molecule has 1 aromatic carbocycles. The van der Waals surface area contributed by atoms with Crippen molar-refractivity contribution < 1.29 is 27.5 Å². The van der Waals surface area contributed by atoms with E-state index in [0.29, 0.717) is 5.56 Å². The van der Waals surface area contributed by atoms with Crippen LogP contribution in [0.15, 0.2) is 29.2 Å². The van der Waals surface area contributed by atoms with Crippen LogP contribution in [0, 0.1) is 0 Å². The van der Waals surface area contributed by atoms with Crippen molar-refractivity contribution in [3.63, 3.8) is 0 Å². The fourth-order valence-electron chi connectivity index (χ4n) is 1.88. The number of carbonyl (C=O) groups is 2. The molecule has 0 aromatic heterocycles. The molecule has 0 aliphatic rings. The lowest BCUT2D eigenvalue weighted by atomic mass is 10.2. The van der Waals surface area contributed by atoms with Crippen molar-refractivity contribution in [2.24, 2.45) is 0 Å². The zero-order chi connectivity index (χ0) is 19.7. The average molecular weight is 384 g/mol. The molecule has 0 aliphatic heterocycles. The molecule has 0 saturated heterocycles. The SMILES string of the molecule is CC[C@H](C)NC(=O)COC(=O)/C=C/c1ccc(OC)c(S(=O)(=O)NC)c1. The topological polar surface area (TPSA) is 111 Å². The highest BCUT2D eigenvalue weighted by Gasteiger charge is 2.17. The molecule has 0 saturated carbocycles. The third kappa shape index (κ3) is 6.49. The maximum Gasteiger partial charge on any atom is 0.331 e. The molecule has 0 unspecified atom stereocenters. The van der Waals surface area contributed by atoms with Gasteiger partial charge in [-0.15, -0.1) is 0 Å². The summed E-state index contributed by atoms with van der Waals surface area (Å²) >= 11 is 0. The molecule has 0 fully saturated rings. The van der Waals surface area contributed by atoms with Crippen LogP contribution in [0.25, 0.3) is 6.08 Å². The summed E-state index contributed by atoms with van der Waals surface area (Å²) in [6.45, 7) is 3.40. The molecule has 0 radical (unpaired) electrons. The molecular formula is C17H24N2O6S. The van der Waals surface area contributed by atoms with Crippen LogP contribution in [0.2, 0.25) is 0 Å². The Morgan fingerprint density at radius 3 is 2.58 bits per heavy atom. The summed E-state index contributed by atoms with van der Waals surface area (Å²) in [6.07, 6.45) is 3.28. The number of esters is 1. The van der Waals surface area contributed by atoms with Crippen molar-refractivity contribution in [2.45, 2.75) is 31.2 Å². The molecular weight excluding hydrogens is 360 g/mol. The van der Waals surface area contributed by atoms with Crippen LogP contribution < -0.4 is 14.8 Å². The molecule has 1 rings (SSSR count). The number of carbonyl (C=O) groups excluding carboxylic acids is 2. The third-order valence-electron chi connectivity index (χ3n) is 3.52. The first-order chi connectivity index (χ1) is 12.2. The summed E-state index contributed by atoms with van der Waals surface area (Å²) < 4.78 is 36.1. The second-order valence-corrected chi connectivity index (χ2v) is 7.29. The number of hydrogen-bond acceptors (Lipinski definition) is 6. The standard InChI is InChI=1S/C17H24N2O6S/c1-5-12(2)19-16(20)11-25-17(21)9-7-13-6-8-14(24-4)15(10-13)26(22,23)18-3/h6-10,12,18H,5,11H2,1-4H3,(H,19,20)/b9-7+/t12-/m0/s1. The highest BCUT2D eigenvalue weighted by Crippen LogP contribution is 2.25. The van der Waals surface area contributed by atoms with Gasteiger partial charge in [-0.3, -0.25) is 4.79 Å². The minimum Gasteiger partial charge on any atom is -0.495 e. The minimum absolute atomic E-state index is 0.00332. The Kier molecular flexibility index (Phi) is 8.27. The van der Waals surface area contributed by atoms with Crippen LogP contribution in [-0.2, 0) is 24.3 Å². The summed E-state index contributed by atoms with van der Waals surface area (Å²) in [4.78, 5) is 23.2. The molecule has 8 nitrogen and oxygen atoms in total. The smallest absolute Gasteiger partial charge is 0.331 e. The van der Waals surface area contributed by atoms with Gasteiger partial charge in [0.1, 0.15) is 10.6 Å². The predicted molar refractivity (Wildman–Crippen MR) is 97.1 cm³/mol. The van der Waals surface area contributed by atoms with Gasteiger partial charge in [0.15, 0.2) is 6.61 Å². The van der Waals surface area contributed by atoms with Gasteiger partial charge in [-0.05, 0) is 44.2 Å². The zero-order valence-electron chi connectivity index (χ0n) is 15.2. The Morgan fingerprint density at radius 2 is 2.00 bits per heavy atom. The van der Waals surface area contributed by atoms with Crippen molar-refractivity contribution in [1.82, 2.24) is 10.0 Å². The quantitative estimate of drug-likeness (QED) is 0.487. The minimum atomic E-state index is -3.72. The molecule has 0 heterocycles. The first-order valence-electron chi connectivity index (χ1n) is 7.99. The van der Waals surface area contributed by atoms with Gasteiger partial charge in [0.2, 0.25) is 10.0 Å². The number of benzene rings is 1. The fraction of sp³-hybridized carbons (Fsp3) is 0.412. The summed E-state index contributed by atoms with van der Waals surface area (Å²) in [7, 11) is -1.06. The second-order valence-electron chi connectivity index (χ2n) is 5.44. The first-order valence-corrected chi connectivity index (χ1v) is 9.47. The number of rotatable bonds is 9. The van der Waals surface area contributed by atoms with Gasteiger partial charge in [-0.1, -0.05) is 13.0 Å². The van der Waals surface area contributed by atoms with E-state index in [2.05, 4.69) is 10.0 Å². The van der Waals surface area contributed by atoms with Crippen molar-refractivity contribution >= 4 is 28.0 Å². The van der Waals surface area contributed by atoms with Crippen molar-refractivity contribution in [3.05, 3.63) is 29.8 Å². The van der Waals surface area contributed by atoms with Crippen LogP contribution in [0.4, 0.5) is 0 Å². The first kappa shape index (κ1) is 21.7. The van der Waals surface area contributed by atoms with Gasteiger partial charge >= 0.3 is 5.97 Å². The van der Waals surface area contributed by atoms with E-state index in [1.54, 1.807) is 6.07 Å². The lowest BCUT2D eigenvalue weighted by Gasteiger charge is -2.11. The van der Waals surface area contributed by atoms with Gasteiger partial charge in [0.25, 0.3) is 5.91 Å². The van der Waals surface area contributed by atoms with E-state index < -0.39 is 16.0 Å².